The molecule has 0 aliphatic rings. The minimum atomic E-state index is -0.494. The molecule has 1 heterocycles. The van der Waals surface area contributed by atoms with Crippen molar-refractivity contribution in [2.45, 2.75) is 6.92 Å². The topological polar surface area (TPSA) is 92.8 Å². The lowest BCUT2D eigenvalue weighted by Gasteiger charge is -2.10. The Labute approximate surface area is 243 Å². The van der Waals surface area contributed by atoms with Crippen LogP contribution in [0, 0.1) is 6.92 Å². The van der Waals surface area contributed by atoms with Crippen molar-refractivity contribution in [3.8, 4) is 22.6 Å². The second-order valence-corrected chi connectivity index (χ2v) is 10.1. The van der Waals surface area contributed by atoms with E-state index >= 15 is 0 Å². The van der Waals surface area contributed by atoms with Crippen LogP contribution in [0.2, 0.25) is 5.02 Å². The van der Waals surface area contributed by atoms with Gasteiger partial charge in [-0.2, -0.15) is 5.10 Å². The van der Waals surface area contributed by atoms with Gasteiger partial charge < -0.3 is 14.5 Å². The summed E-state index contributed by atoms with van der Waals surface area (Å²) < 4.78 is 11.8. The molecule has 0 bridgehead atoms. The summed E-state index contributed by atoms with van der Waals surface area (Å²) in [6, 6.07) is 25.1. The number of carbonyl (C=O) groups excluding carboxylic acids is 2. The van der Waals surface area contributed by atoms with E-state index < -0.39 is 11.9 Å². The van der Waals surface area contributed by atoms with Gasteiger partial charge >= 0.3 is 5.97 Å². The predicted molar refractivity (Wildman–Crippen MR) is 161 cm³/mol. The molecule has 40 heavy (non-hydrogen) atoms. The quantitative estimate of drug-likeness (QED) is 0.0855. The maximum Gasteiger partial charge on any atom is 0.343 e. The maximum atomic E-state index is 13.3. The fourth-order valence-electron chi connectivity index (χ4n) is 4.21. The number of benzene rings is 4. The molecule has 9 heteroatoms. The van der Waals surface area contributed by atoms with Gasteiger partial charge in [0, 0.05) is 26.0 Å². The van der Waals surface area contributed by atoms with Crippen LogP contribution in [0.25, 0.3) is 22.0 Å². The highest BCUT2D eigenvalue weighted by Crippen LogP contribution is 2.38. The number of methoxy groups -OCH3 is 1. The van der Waals surface area contributed by atoms with Gasteiger partial charge in [-0.25, -0.2) is 10.2 Å². The van der Waals surface area contributed by atoms with E-state index in [1.165, 1.54) is 13.3 Å². The van der Waals surface area contributed by atoms with Gasteiger partial charge in [-0.1, -0.05) is 59.6 Å². The van der Waals surface area contributed by atoms with Crippen molar-refractivity contribution in [2.24, 2.45) is 5.10 Å². The molecular weight excluding hydrogens is 594 g/mol. The number of hydrogen-bond donors (Lipinski definition) is 2. The lowest BCUT2D eigenvalue weighted by Crippen LogP contribution is -2.19. The third kappa shape index (κ3) is 5.64. The Morgan fingerprint density at radius 2 is 1.75 bits per heavy atom. The van der Waals surface area contributed by atoms with Gasteiger partial charge in [-0.05, 0) is 70.9 Å². The van der Waals surface area contributed by atoms with E-state index in [1.807, 2.05) is 55.5 Å². The molecule has 5 rings (SSSR count). The highest BCUT2D eigenvalue weighted by Gasteiger charge is 2.21. The molecule has 0 radical (unpaired) electrons. The molecule has 5 aromatic rings. The van der Waals surface area contributed by atoms with Gasteiger partial charge in [0.25, 0.3) is 5.91 Å². The number of H-pyrrole nitrogens is 1. The molecule has 2 N–H and O–H groups in total. The van der Waals surface area contributed by atoms with E-state index in [-0.39, 0.29) is 5.75 Å². The molecule has 4 aromatic carbocycles. The summed E-state index contributed by atoms with van der Waals surface area (Å²) in [7, 11) is 1.48. The molecule has 0 atom stereocenters. The summed E-state index contributed by atoms with van der Waals surface area (Å²) in [6.45, 7) is 1.94. The monoisotopic (exact) mass is 615 g/mol. The Kier molecular flexibility index (Phi) is 8.00. The molecule has 7 nitrogen and oxygen atoms in total. The fourth-order valence-corrected chi connectivity index (χ4v) is 4.91. The molecule has 0 unspecified atom stereocenters. The number of amides is 1. The van der Waals surface area contributed by atoms with Gasteiger partial charge in [-0.3, -0.25) is 4.79 Å². The zero-order chi connectivity index (χ0) is 28.2. The Morgan fingerprint density at radius 3 is 2.50 bits per heavy atom. The predicted octanol–water partition coefficient (Wildman–Crippen LogP) is 7.55. The molecule has 0 spiro atoms. The number of hydrazone groups is 1. The van der Waals surface area contributed by atoms with Crippen LogP contribution < -0.4 is 14.9 Å². The second-order valence-electron chi connectivity index (χ2n) is 8.88. The lowest BCUT2D eigenvalue weighted by molar-refractivity contribution is 0.0729. The standard InChI is InChI=1S/C31H23BrClN3O4/c1-18-10-13-20(14-11-18)31(38)40-25-15-12-19(16-26(25)39-2)17-34-36-30(37)29-27(21-6-3-4-9-24(21)33)22-7-5-8-23(32)28(22)35-29/h3-17,35H,1-2H3,(H,36,37). The summed E-state index contributed by atoms with van der Waals surface area (Å²) in [6.07, 6.45) is 1.47. The minimum absolute atomic E-state index is 0.266. The van der Waals surface area contributed by atoms with Gasteiger partial charge in [0.1, 0.15) is 5.69 Å². The SMILES string of the molecule is COc1cc(C=NNC(=O)c2[nH]c3c(Br)cccc3c2-c2ccccc2Cl)ccc1OC(=O)c1ccc(C)cc1. The fraction of sp³-hybridized carbons (Fsp3) is 0.0645. The zero-order valence-corrected chi connectivity index (χ0v) is 23.8. The molecule has 200 valence electrons. The third-order valence-corrected chi connectivity index (χ3v) is 7.20. The number of aromatic nitrogens is 1. The summed E-state index contributed by atoms with van der Waals surface area (Å²) >= 11 is 10.0. The number of hydrogen-bond acceptors (Lipinski definition) is 5. The zero-order valence-electron chi connectivity index (χ0n) is 21.5. The van der Waals surface area contributed by atoms with Crippen LogP contribution in [0.3, 0.4) is 0 Å². The summed E-state index contributed by atoms with van der Waals surface area (Å²) in [5.74, 6) is -0.323. The van der Waals surface area contributed by atoms with Gasteiger partial charge in [0.15, 0.2) is 11.5 Å². The number of aryl methyl sites for hydroxylation is 1. The summed E-state index contributed by atoms with van der Waals surface area (Å²) in [5.41, 5.74) is 7.18. The number of nitrogens with one attached hydrogen (secondary N) is 2. The lowest BCUT2D eigenvalue weighted by atomic mass is 10.0. The van der Waals surface area contributed by atoms with Crippen molar-refractivity contribution >= 4 is 56.5 Å². The molecule has 0 fully saturated rings. The van der Waals surface area contributed by atoms with Crippen LogP contribution >= 0.6 is 27.5 Å². The van der Waals surface area contributed by atoms with Gasteiger partial charge in [-0.15, -0.1) is 0 Å². The Bertz CT molecular complexity index is 1760. The van der Waals surface area contributed by atoms with Gasteiger partial charge in [0.2, 0.25) is 0 Å². The van der Waals surface area contributed by atoms with E-state index in [1.54, 1.807) is 36.4 Å². The van der Waals surface area contributed by atoms with Crippen LogP contribution in [0.15, 0.2) is 94.5 Å². The van der Waals surface area contributed by atoms with Crippen molar-refractivity contribution < 1.29 is 19.1 Å². The number of fused-ring (bicyclic) bond motifs is 1. The van der Waals surface area contributed by atoms with E-state index in [0.717, 1.165) is 26.5 Å². The molecule has 0 saturated heterocycles. The van der Waals surface area contributed by atoms with E-state index in [4.69, 9.17) is 21.1 Å². The van der Waals surface area contributed by atoms with E-state index in [2.05, 4.69) is 31.4 Å². The van der Waals surface area contributed by atoms with Gasteiger partial charge in [0.05, 0.1) is 24.4 Å². The number of nitrogens with zero attached hydrogens (tertiary/aromatic N) is 1. The van der Waals surface area contributed by atoms with Crippen LogP contribution in [-0.2, 0) is 0 Å². The smallest absolute Gasteiger partial charge is 0.343 e. The highest BCUT2D eigenvalue weighted by molar-refractivity contribution is 9.10. The first-order valence-corrected chi connectivity index (χ1v) is 13.4. The Morgan fingerprint density at radius 1 is 0.975 bits per heavy atom. The average molecular weight is 617 g/mol. The van der Waals surface area contributed by atoms with Crippen LogP contribution in [0.1, 0.15) is 32.0 Å². The van der Waals surface area contributed by atoms with Crippen LogP contribution in [0.5, 0.6) is 11.5 Å². The maximum absolute atomic E-state index is 13.3. The summed E-state index contributed by atoms with van der Waals surface area (Å²) in [5, 5.41) is 5.51. The number of carbonyl (C=O) groups is 2. The minimum Gasteiger partial charge on any atom is -0.493 e. The number of halogens is 2. The van der Waals surface area contributed by atoms with Crippen molar-refractivity contribution in [2.75, 3.05) is 7.11 Å². The third-order valence-electron chi connectivity index (χ3n) is 6.21. The van der Waals surface area contributed by atoms with Crippen molar-refractivity contribution in [3.05, 3.63) is 117 Å². The average Bonchev–Trinajstić information content (AvgIpc) is 3.35. The highest BCUT2D eigenvalue weighted by atomic mass is 79.9. The Hall–Kier alpha value is -4.40. The number of ether oxygens (including phenoxy) is 2. The summed E-state index contributed by atoms with van der Waals surface area (Å²) in [4.78, 5) is 29.0. The van der Waals surface area contributed by atoms with Crippen molar-refractivity contribution in [1.82, 2.24) is 10.4 Å². The number of rotatable bonds is 7. The molecule has 0 saturated carbocycles. The van der Waals surface area contributed by atoms with Crippen LogP contribution in [0.4, 0.5) is 0 Å². The molecule has 0 aliphatic carbocycles. The molecule has 1 aromatic heterocycles. The first-order chi connectivity index (χ1) is 19.4. The van der Waals surface area contributed by atoms with Crippen molar-refractivity contribution in [3.63, 3.8) is 0 Å². The second kappa shape index (κ2) is 11.8. The van der Waals surface area contributed by atoms with E-state index in [0.29, 0.717) is 33.2 Å². The Balaban J connectivity index is 1.37. The first-order valence-electron chi connectivity index (χ1n) is 12.2. The molecule has 0 aliphatic heterocycles. The first kappa shape index (κ1) is 27.2. The van der Waals surface area contributed by atoms with E-state index in [9.17, 15) is 9.59 Å². The number of para-hydroxylation sites is 1. The largest absolute Gasteiger partial charge is 0.493 e. The molecular formula is C31H23BrClN3O4. The molecule has 1 amide bonds. The normalized spacial score (nSPS) is 11.1. The number of aromatic amines is 1. The van der Waals surface area contributed by atoms with Crippen molar-refractivity contribution in [1.29, 1.82) is 0 Å². The number of esters is 1. The van der Waals surface area contributed by atoms with Crippen LogP contribution in [-0.4, -0.2) is 30.2 Å².